The summed E-state index contributed by atoms with van der Waals surface area (Å²) < 4.78 is 5.50. The fourth-order valence-electron chi connectivity index (χ4n) is 5.64. The van der Waals surface area contributed by atoms with Crippen molar-refractivity contribution in [2.75, 3.05) is 32.8 Å². The van der Waals surface area contributed by atoms with E-state index >= 15 is 0 Å². The number of carboxylic acids is 1. The second-order valence-corrected chi connectivity index (χ2v) is 10.9. The van der Waals surface area contributed by atoms with Crippen molar-refractivity contribution in [1.29, 1.82) is 0 Å². The number of rotatable bonds is 9. The van der Waals surface area contributed by atoms with Crippen LogP contribution in [0.25, 0.3) is 33.5 Å². The Kier molecular flexibility index (Phi) is 8.15. The van der Waals surface area contributed by atoms with Crippen molar-refractivity contribution in [2.45, 2.75) is 12.3 Å². The first-order chi connectivity index (χ1) is 20.5. The number of ether oxygens (including phenoxy) is 1. The van der Waals surface area contributed by atoms with E-state index in [-0.39, 0.29) is 23.7 Å². The van der Waals surface area contributed by atoms with Crippen molar-refractivity contribution in [3.8, 4) is 22.5 Å². The van der Waals surface area contributed by atoms with Crippen LogP contribution in [-0.2, 0) is 4.74 Å². The molecule has 5 aromatic rings. The van der Waals surface area contributed by atoms with E-state index < -0.39 is 5.97 Å². The molecule has 0 unspecified atom stereocenters. The number of Topliss-reactive ketones (excluding diaryl/α,β-unsaturated/α-hetero) is 1. The number of aromatic nitrogens is 2. The zero-order chi connectivity index (χ0) is 29.1. The predicted molar refractivity (Wildman–Crippen MR) is 164 cm³/mol. The monoisotopic (exact) mass is 579 g/mol. The zero-order valence-electron chi connectivity index (χ0n) is 22.9. The third-order valence-corrected chi connectivity index (χ3v) is 8.10. The quantitative estimate of drug-likeness (QED) is 0.184. The summed E-state index contributed by atoms with van der Waals surface area (Å²) >= 11 is 6.71. The SMILES string of the molecule is O=C(C[C@H](CN1CCOCC1)c1ccccc1)c1ccc(-c2c(Cl)cccc2-c2nc3ccccc3[nH]2)c(C(=O)O)c1. The minimum atomic E-state index is -1.14. The van der Waals surface area contributed by atoms with Crippen LogP contribution in [-0.4, -0.2) is 64.6 Å². The molecule has 2 heterocycles. The normalized spacial score (nSPS) is 14.6. The van der Waals surface area contributed by atoms with Gasteiger partial charge in [0.15, 0.2) is 5.78 Å². The van der Waals surface area contributed by atoms with E-state index in [1.54, 1.807) is 18.2 Å². The lowest BCUT2D eigenvalue weighted by Gasteiger charge is -2.30. The van der Waals surface area contributed by atoms with Gasteiger partial charge in [0.25, 0.3) is 0 Å². The molecule has 0 aliphatic carbocycles. The second kappa shape index (κ2) is 12.3. The maximum absolute atomic E-state index is 13.7. The summed E-state index contributed by atoms with van der Waals surface area (Å²) in [5.74, 6) is -0.696. The molecule has 1 aliphatic rings. The number of para-hydroxylation sites is 2. The molecule has 1 fully saturated rings. The van der Waals surface area contributed by atoms with E-state index in [0.717, 1.165) is 36.2 Å². The zero-order valence-corrected chi connectivity index (χ0v) is 23.7. The molecule has 212 valence electrons. The predicted octanol–water partition coefficient (Wildman–Crippen LogP) is 6.94. The molecule has 0 saturated carbocycles. The Bertz CT molecular complexity index is 1710. The van der Waals surface area contributed by atoms with Gasteiger partial charge in [-0.25, -0.2) is 9.78 Å². The van der Waals surface area contributed by atoms with Gasteiger partial charge < -0.3 is 14.8 Å². The highest BCUT2D eigenvalue weighted by Gasteiger charge is 2.25. The third-order valence-electron chi connectivity index (χ3n) is 7.78. The van der Waals surface area contributed by atoms with E-state index in [9.17, 15) is 14.7 Å². The summed E-state index contributed by atoms with van der Waals surface area (Å²) in [7, 11) is 0. The number of fused-ring (bicyclic) bond motifs is 1. The molecule has 6 rings (SSSR count). The summed E-state index contributed by atoms with van der Waals surface area (Å²) in [6, 6.07) is 27.9. The number of hydrogen-bond donors (Lipinski definition) is 2. The van der Waals surface area contributed by atoms with Crippen molar-refractivity contribution in [3.63, 3.8) is 0 Å². The fourth-order valence-corrected chi connectivity index (χ4v) is 5.91. The highest BCUT2D eigenvalue weighted by molar-refractivity contribution is 6.34. The van der Waals surface area contributed by atoms with Gasteiger partial charge in [0.1, 0.15) is 5.82 Å². The number of carbonyl (C=O) groups excluding carboxylic acids is 1. The van der Waals surface area contributed by atoms with Crippen molar-refractivity contribution < 1.29 is 19.4 Å². The highest BCUT2D eigenvalue weighted by atomic mass is 35.5. The molecule has 2 N–H and O–H groups in total. The number of benzene rings is 4. The number of aromatic carboxylic acids is 1. The number of carboxylic acid groups (broad SMARTS) is 1. The van der Waals surface area contributed by atoms with E-state index in [1.165, 1.54) is 6.07 Å². The van der Waals surface area contributed by atoms with Crippen LogP contribution in [0, 0.1) is 0 Å². The number of halogens is 1. The van der Waals surface area contributed by atoms with E-state index in [0.29, 0.717) is 46.3 Å². The van der Waals surface area contributed by atoms with Gasteiger partial charge in [-0.15, -0.1) is 0 Å². The summed E-state index contributed by atoms with van der Waals surface area (Å²) in [5, 5.41) is 10.7. The molecule has 0 bridgehead atoms. The van der Waals surface area contributed by atoms with Crippen LogP contribution < -0.4 is 0 Å². The molecule has 4 aromatic carbocycles. The van der Waals surface area contributed by atoms with Gasteiger partial charge in [-0.05, 0) is 35.4 Å². The number of carbonyl (C=O) groups is 2. The number of nitrogens with zero attached hydrogens (tertiary/aromatic N) is 2. The number of aromatic amines is 1. The molecule has 7 nitrogen and oxygen atoms in total. The van der Waals surface area contributed by atoms with Crippen LogP contribution >= 0.6 is 11.6 Å². The molecular weight excluding hydrogens is 550 g/mol. The van der Waals surface area contributed by atoms with Crippen LogP contribution in [0.5, 0.6) is 0 Å². The van der Waals surface area contributed by atoms with Crippen molar-refractivity contribution in [3.05, 3.63) is 113 Å². The Morgan fingerprint density at radius 2 is 1.69 bits per heavy atom. The van der Waals surface area contributed by atoms with Crippen LogP contribution in [0.3, 0.4) is 0 Å². The van der Waals surface area contributed by atoms with Gasteiger partial charge >= 0.3 is 5.97 Å². The lowest BCUT2D eigenvalue weighted by Crippen LogP contribution is -2.39. The highest BCUT2D eigenvalue weighted by Crippen LogP contribution is 2.39. The first-order valence-electron chi connectivity index (χ1n) is 14.0. The summed E-state index contributed by atoms with van der Waals surface area (Å²) in [6.45, 7) is 3.72. The summed E-state index contributed by atoms with van der Waals surface area (Å²) in [6.07, 6.45) is 0.260. The van der Waals surface area contributed by atoms with Crippen LogP contribution in [0.4, 0.5) is 0 Å². The molecule has 0 spiro atoms. The smallest absolute Gasteiger partial charge is 0.336 e. The van der Waals surface area contributed by atoms with E-state index in [2.05, 4.69) is 9.88 Å². The average Bonchev–Trinajstić information content (AvgIpc) is 3.46. The standard InChI is InChI=1S/C34H30ClN3O4/c35-28-10-6-9-26(33-36-29-11-4-5-12-30(29)37-33)32(28)25-14-13-23(19-27(25)34(40)41)31(39)20-24(22-7-2-1-3-8-22)21-38-15-17-42-18-16-38/h1-14,19,24H,15-18,20-21H2,(H,36,37)(H,40,41)/t24-/m1/s1. The molecule has 1 atom stereocenters. The molecule has 8 heteroatoms. The van der Waals surface area contributed by atoms with E-state index in [4.69, 9.17) is 21.3 Å². The topological polar surface area (TPSA) is 95.5 Å². The lowest BCUT2D eigenvalue weighted by atomic mass is 9.88. The number of morpholine rings is 1. The van der Waals surface area contributed by atoms with Gasteiger partial charge in [0, 0.05) is 53.7 Å². The number of imidazole rings is 1. The Morgan fingerprint density at radius 3 is 2.45 bits per heavy atom. The number of ketones is 1. The molecule has 1 aromatic heterocycles. The van der Waals surface area contributed by atoms with Crippen LogP contribution in [0.15, 0.2) is 91.0 Å². The van der Waals surface area contributed by atoms with Crippen molar-refractivity contribution in [1.82, 2.24) is 14.9 Å². The van der Waals surface area contributed by atoms with Gasteiger partial charge in [0.2, 0.25) is 0 Å². The molecule has 1 saturated heterocycles. The molecule has 1 aliphatic heterocycles. The van der Waals surface area contributed by atoms with Crippen molar-refractivity contribution in [2.24, 2.45) is 0 Å². The molecule has 42 heavy (non-hydrogen) atoms. The maximum atomic E-state index is 13.7. The Hall–Kier alpha value is -4.30. The first kappa shape index (κ1) is 27.8. The first-order valence-corrected chi connectivity index (χ1v) is 14.4. The minimum Gasteiger partial charge on any atom is -0.478 e. The van der Waals surface area contributed by atoms with Gasteiger partial charge in [-0.3, -0.25) is 9.69 Å². The van der Waals surface area contributed by atoms with E-state index in [1.807, 2.05) is 66.7 Å². The molecule has 0 radical (unpaired) electrons. The number of H-pyrrole nitrogens is 1. The Balaban J connectivity index is 1.35. The van der Waals surface area contributed by atoms with Crippen LogP contribution in [0.1, 0.15) is 38.6 Å². The Morgan fingerprint density at radius 1 is 0.929 bits per heavy atom. The van der Waals surface area contributed by atoms with Gasteiger partial charge in [0.05, 0.1) is 29.8 Å². The maximum Gasteiger partial charge on any atom is 0.336 e. The van der Waals surface area contributed by atoms with Gasteiger partial charge in [-0.1, -0.05) is 78.3 Å². The number of nitrogens with one attached hydrogen (secondary N) is 1. The van der Waals surface area contributed by atoms with Crippen LogP contribution in [0.2, 0.25) is 5.02 Å². The average molecular weight is 580 g/mol. The molecular formula is C34H30ClN3O4. The largest absolute Gasteiger partial charge is 0.478 e. The second-order valence-electron chi connectivity index (χ2n) is 10.5. The fraction of sp³-hybridized carbons (Fsp3) is 0.206. The summed E-state index contributed by atoms with van der Waals surface area (Å²) in [5.41, 5.74) is 4.75. The minimum absolute atomic E-state index is 0.00996. The summed E-state index contributed by atoms with van der Waals surface area (Å²) in [4.78, 5) is 36.6. The third kappa shape index (κ3) is 5.85. The van der Waals surface area contributed by atoms with Gasteiger partial charge in [-0.2, -0.15) is 0 Å². The lowest BCUT2D eigenvalue weighted by molar-refractivity contribution is 0.0346. The Labute approximate surface area is 248 Å². The molecule has 0 amide bonds. The number of hydrogen-bond acceptors (Lipinski definition) is 5. The van der Waals surface area contributed by atoms with Crippen molar-refractivity contribution >= 4 is 34.4 Å².